The van der Waals surface area contributed by atoms with Gasteiger partial charge in [0.05, 0.1) is 9.67 Å². The zero-order valence-electron chi connectivity index (χ0n) is 11.8. The minimum Gasteiger partial charge on any atom is -0.311 e. The van der Waals surface area contributed by atoms with Gasteiger partial charge in [0.25, 0.3) is 5.69 Å². The summed E-state index contributed by atoms with van der Waals surface area (Å²) < 4.78 is 11.7. The highest BCUT2D eigenvalue weighted by Crippen LogP contribution is 2.36. The van der Waals surface area contributed by atoms with Gasteiger partial charge in [-0.3, -0.25) is 14.3 Å². The topological polar surface area (TPSA) is 72.2 Å². The van der Waals surface area contributed by atoms with Crippen LogP contribution in [0.3, 0.4) is 0 Å². The van der Waals surface area contributed by atoms with Crippen LogP contribution in [0.2, 0.25) is 0 Å². The van der Waals surface area contributed by atoms with E-state index in [0.29, 0.717) is 18.7 Å². The molecule has 1 aromatic rings. The van der Waals surface area contributed by atoms with Crippen molar-refractivity contribution in [3.8, 4) is 0 Å². The summed E-state index contributed by atoms with van der Waals surface area (Å²) in [6, 6.07) is 5.27. The summed E-state index contributed by atoms with van der Waals surface area (Å²) >= 11 is 0. The molecule has 1 fully saturated rings. The number of aryl methyl sites for hydroxylation is 1. The number of nitro benzene ring substituents is 1. The van der Waals surface area contributed by atoms with Gasteiger partial charge in [-0.25, -0.2) is 0 Å². The van der Waals surface area contributed by atoms with Gasteiger partial charge in [-0.2, -0.15) is 0 Å². The number of nitrogens with one attached hydrogen (secondary N) is 1. The summed E-state index contributed by atoms with van der Waals surface area (Å²) in [4.78, 5) is 10.5. The summed E-state index contributed by atoms with van der Waals surface area (Å²) in [7, 11) is -0.826. The van der Waals surface area contributed by atoms with E-state index in [1.165, 1.54) is 0 Å². The van der Waals surface area contributed by atoms with Gasteiger partial charge in [0.15, 0.2) is 0 Å². The van der Waals surface area contributed by atoms with Crippen molar-refractivity contribution in [3.63, 3.8) is 0 Å². The number of benzene rings is 1. The molecule has 20 heavy (non-hydrogen) atoms. The molecule has 2 rings (SSSR count). The molecule has 0 aromatic heterocycles. The minimum atomic E-state index is -0.826. The predicted octanol–water partition coefficient (Wildman–Crippen LogP) is 2.29. The molecule has 110 valence electrons. The Morgan fingerprint density at radius 1 is 1.45 bits per heavy atom. The first-order valence-corrected chi connectivity index (χ1v) is 8.29. The van der Waals surface area contributed by atoms with Crippen LogP contribution in [-0.2, 0) is 17.3 Å². The third-order valence-corrected chi connectivity index (χ3v) is 5.89. The van der Waals surface area contributed by atoms with Crippen LogP contribution < -0.4 is 5.32 Å². The van der Waals surface area contributed by atoms with Crippen LogP contribution >= 0.6 is 0 Å². The van der Waals surface area contributed by atoms with Crippen LogP contribution in [0.25, 0.3) is 0 Å². The lowest BCUT2D eigenvalue weighted by Gasteiger charge is -2.40. The standard InChI is InChI=1S/C14H20N2O3S/c1-11-4-5-12(8-13(11)16(17)18)9-15-10-14(20(2)19)6-3-7-14/h4-5,8,15H,3,6-7,9-10H2,1-2H3/t20-/m1/s1. The van der Waals surface area contributed by atoms with Crippen molar-refractivity contribution in [3.05, 3.63) is 39.4 Å². The largest absolute Gasteiger partial charge is 0.311 e. The maximum Gasteiger partial charge on any atom is 0.272 e. The lowest BCUT2D eigenvalue weighted by molar-refractivity contribution is -0.385. The smallest absolute Gasteiger partial charge is 0.272 e. The van der Waals surface area contributed by atoms with Crippen molar-refractivity contribution in [2.24, 2.45) is 0 Å². The average Bonchev–Trinajstić information content (AvgIpc) is 2.33. The molecule has 1 N–H and O–H groups in total. The third-order valence-electron chi connectivity index (χ3n) is 4.12. The number of hydrogen-bond donors (Lipinski definition) is 1. The Morgan fingerprint density at radius 3 is 2.65 bits per heavy atom. The van der Waals surface area contributed by atoms with E-state index in [2.05, 4.69) is 5.32 Å². The second-order valence-electron chi connectivity index (χ2n) is 5.47. The van der Waals surface area contributed by atoms with Gasteiger partial charge in [0, 0.05) is 41.8 Å². The van der Waals surface area contributed by atoms with Crippen LogP contribution in [0.4, 0.5) is 5.69 Å². The zero-order chi connectivity index (χ0) is 14.8. The summed E-state index contributed by atoms with van der Waals surface area (Å²) in [5, 5.41) is 14.2. The molecule has 1 aliphatic rings. The normalized spacial score (nSPS) is 18.3. The molecule has 0 bridgehead atoms. The highest BCUT2D eigenvalue weighted by Gasteiger charge is 2.40. The minimum absolute atomic E-state index is 0.0867. The summed E-state index contributed by atoms with van der Waals surface area (Å²) in [5.74, 6) is 0. The van der Waals surface area contributed by atoms with E-state index in [9.17, 15) is 14.3 Å². The molecule has 0 radical (unpaired) electrons. The predicted molar refractivity (Wildman–Crippen MR) is 80.2 cm³/mol. The van der Waals surface area contributed by atoms with Gasteiger partial charge in [-0.1, -0.05) is 18.6 Å². The van der Waals surface area contributed by atoms with E-state index in [-0.39, 0.29) is 15.4 Å². The quantitative estimate of drug-likeness (QED) is 0.646. The Kier molecular flexibility index (Phi) is 4.55. The zero-order valence-corrected chi connectivity index (χ0v) is 12.7. The highest BCUT2D eigenvalue weighted by molar-refractivity contribution is 7.85. The number of nitro groups is 1. The average molecular weight is 296 g/mol. The van der Waals surface area contributed by atoms with E-state index in [1.54, 1.807) is 25.3 Å². The molecule has 0 saturated heterocycles. The van der Waals surface area contributed by atoms with E-state index in [1.807, 2.05) is 6.07 Å². The van der Waals surface area contributed by atoms with Crippen LogP contribution in [0.15, 0.2) is 18.2 Å². The molecule has 0 heterocycles. The van der Waals surface area contributed by atoms with Gasteiger partial charge >= 0.3 is 0 Å². The number of hydrogen-bond acceptors (Lipinski definition) is 4. The SMILES string of the molecule is Cc1ccc(CNCC2([S@@](C)=O)CCC2)cc1[N+](=O)[O-]. The lowest BCUT2D eigenvalue weighted by atomic mass is 9.84. The molecule has 0 unspecified atom stereocenters. The molecule has 6 heteroatoms. The summed E-state index contributed by atoms with van der Waals surface area (Å²) in [6.45, 7) is 3.01. The van der Waals surface area contributed by atoms with Crippen molar-refractivity contribution in [2.45, 2.75) is 37.5 Å². The highest BCUT2D eigenvalue weighted by atomic mass is 32.2. The molecule has 0 spiro atoms. The third kappa shape index (κ3) is 3.07. The Bertz CT molecular complexity index is 541. The van der Waals surface area contributed by atoms with Crippen molar-refractivity contribution < 1.29 is 9.13 Å². The molecule has 1 saturated carbocycles. The lowest BCUT2D eigenvalue weighted by Crippen LogP contribution is -2.49. The van der Waals surface area contributed by atoms with Crippen molar-refractivity contribution in [1.82, 2.24) is 5.32 Å². The summed E-state index contributed by atoms with van der Waals surface area (Å²) in [5.41, 5.74) is 1.71. The maximum absolute atomic E-state index is 11.8. The van der Waals surface area contributed by atoms with E-state index >= 15 is 0 Å². The fraction of sp³-hybridized carbons (Fsp3) is 0.571. The van der Waals surface area contributed by atoms with Gasteiger partial charge in [-0.05, 0) is 25.3 Å². The van der Waals surface area contributed by atoms with Crippen molar-refractivity contribution >= 4 is 16.5 Å². The van der Waals surface area contributed by atoms with Crippen LogP contribution in [0.1, 0.15) is 30.4 Å². The first-order valence-electron chi connectivity index (χ1n) is 6.73. The molecule has 1 aliphatic carbocycles. The number of nitrogens with zero attached hydrogens (tertiary/aromatic N) is 1. The monoisotopic (exact) mass is 296 g/mol. The second-order valence-corrected chi connectivity index (χ2v) is 7.25. The van der Waals surface area contributed by atoms with Crippen LogP contribution in [0.5, 0.6) is 0 Å². The first kappa shape index (κ1) is 15.1. The molecule has 0 aliphatic heterocycles. The Labute approximate surface area is 121 Å². The Balaban J connectivity index is 1.96. The molecule has 5 nitrogen and oxygen atoms in total. The van der Waals surface area contributed by atoms with E-state index in [4.69, 9.17) is 0 Å². The summed E-state index contributed by atoms with van der Waals surface area (Å²) in [6.07, 6.45) is 4.89. The van der Waals surface area contributed by atoms with Gasteiger partial charge in [0.1, 0.15) is 0 Å². The molecule has 1 atom stereocenters. The first-order chi connectivity index (χ1) is 9.44. The second kappa shape index (κ2) is 6.01. The van der Waals surface area contributed by atoms with Crippen LogP contribution in [-0.4, -0.2) is 26.7 Å². The van der Waals surface area contributed by atoms with Crippen molar-refractivity contribution in [2.75, 3.05) is 12.8 Å². The maximum atomic E-state index is 11.8. The van der Waals surface area contributed by atoms with Gasteiger partial charge in [-0.15, -0.1) is 0 Å². The van der Waals surface area contributed by atoms with E-state index in [0.717, 1.165) is 24.8 Å². The van der Waals surface area contributed by atoms with Crippen LogP contribution in [0, 0.1) is 17.0 Å². The Morgan fingerprint density at radius 2 is 2.15 bits per heavy atom. The molecule has 1 aromatic carbocycles. The number of rotatable bonds is 6. The molecule has 0 amide bonds. The van der Waals surface area contributed by atoms with Crippen molar-refractivity contribution in [1.29, 1.82) is 0 Å². The fourth-order valence-electron chi connectivity index (χ4n) is 2.53. The fourth-order valence-corrected chi connectivity index (χ4v) is 3.70. The van der Waals surface area contributed by atoms with Gasteiger partial charge < -0.3 is 5.32 Å². The Hall–Kier alpha value is -1.27. The van der Waals surface area contributed by atoms with Gasteiger partial charge in [0.2, 0.25) is 0 Å². The molecular weight excluding hydrogens is 276 g/mol. The van der Waals surface area contributed by atoms with E-state index < -0.39 is 10.8 Å². The molecular formula is C14H20N2O3S.